The monoisotopic (exact) mass is 546 g/mol. The fourth-order valence-electron chi connectivity index (χ4n) is 4.13. The Morgan fingerprint density at radius 2 is 1.39 bits per heavy atom. The van der Waals surface area contributed by atoms with Crippen LogP contribution in [0.25, 0.3) is 10.8 Å². The second kappa shape index (κ2) is 12.6. The van der Waals surface area contributed by atoms with E-state index >= 15 is 0 Å². The van der Waals surface area contributed by atoms with Crippen LogP contribution in [0, 0.1) is 0 Å². The Morgan fingerprint density at radius 3 is 1.95 bits per heavy atom. The van der Waals surface area contributed by atoms with Gasteiger partial charge in [-0.25, -0.2) is 18.0 Å². The van der Waals surface area contributed by atoms with Crippen LogP contribution in [-0.4, -0.2) is 87.3 Å². The molecule has 2 N–H and O–H groups in total. The first-order chi connectivity index (χ1) is 18.1. The van der Waals surface area contributed by atoms with Gasteiger partial charge in [0.1, 0.15) is 0 Å². The number of carbonyl (C=O) groups is 2. The molecule has 38 heavy (non-hydrogen) atoms. The van der Waals surface area contributed by atoms with Crippen LogP contribution in [0.4, 0.5) is 0 Å². The van der Waals surface area contributed by atoms with Gasteiger partial charge in [0.05, 0.1) is 26.2 Å². The maximum absolute atomic E-state index is 13.2. The third-order valence-corrected chi connectivity index (χ3v) is 7.95. The highest BCUT2D eigenvalue weighted by molar-refractivity contribution is 7.89. The summed E-state index contributed by atoms with van der Waals surface area (Å²) in [5, 5.41) is 16.7. The number of hydrogen-bond acceptors (Lipinski definition) is 8. The molecule has 11 nitrogen and oxygen atoms in total. The number of nitrogens with zero attached hydrogens (tertiary/aromatic N) is 2. The molecule has 0 aromatic heterocycles. The molecule has 0 bridgehead atoms. The fraction of sp³-hybridized carbons (Fsp3) is 0.308. The SMILES string of the molecule is COc1ccc(CN2CCN(S(=O)(=O)c3ccc4ccccc4c3)CC2)c(OC)c1OC.O=C(O)C(=O)O. The zero-order valence-electron chi connectivity index (χ0n) is 21.3. The molecule has 0 radical (unpaired) electrons. The molecule has 1 aliphatic heterocycles. The summed E-state index contributed by atoms with van der Waals surface area (Å²) >= 11 is 0. The second-order valence-electron chi connectivity index (χ2n) is 8.29. The third-order valence-electron chi connectivity index (χ3n) is 6.05. The standard InChI is InChI=1S/C24H28N2O5S.C2H2O4/c1-29-22-11-9-20(23(30-2)24(22)31-3)17-25-12-14-26(15-13-25)32(27,28)21-10-8-18-6-4-5-7-19(18)16-21;3-1(4)2(5)6/h4-11,16H,12-15,17H2,1-3H3;(H,3,4)(H,5,6). The van der Waals surface area contributed by atoms with Crippen molar-refractivity contribution in [3.63, 3.8) is 0 Å². The van der Waals surface area contributed by atoms with E-state index < -0.39 is 22.0 Å². The minimum absolute atomic E-state index is 0.339. The van der Waals surface area contributed by atoms with Crippen LogP contribution in [-0.2, 0) is 26.2 Å². The van der Waals surface area contributed by atoms with Crippen LogP contribution < -0.4 is 14.2 Å². The van der Waals surface area contributed by atoms with E-state index in [1.54, 1.807) is 37.8 Å². The molecule has 1 heterocycles. The zero-order chi connectivity index (χ0) is 27.9. The van der Waals surface area contributed by atoms with E-state index in [2.05, 4.69) is 4.90 Å². The fourth-order valence-corrected chi connectivity index (χ4v) is 5.59. The smallest absolute Gasteiger partial charge is 0.414 e. The second-order valence-corrected chi connectivity index (χ2v) is 10.2. The Labute approximate surface area is 220 Å². The van der Waals surface area contributed by atoms with Crippen molar-refractivity contribution in [2.45, 2.75) is 11.4 Å². The molecule has 4 rings (SSSR count). The van der Waals surface area contributed by atoms with Gasteiger partial charge in [-0.05, 0) is 29.0 Å². The van der Waals surface area contributed by atoms with Gasteiger partial charge in [-0.3, -0.25) is 4.90 Å². The van der Waals surface area contributed by atoms with Crippen LogP contribution >= 0.6 is 0 Å². The van der Waals surface area contributed by atoms with Gasteiger partial charge in [-0.1, -0.05) is 36.4 Å². The predicted octanol–water partition coefficient (Wildman–Crippen LogP) is 2.53. The Hall–Kier alpha value is -3.87. The highest BCUT2D eigenvalue weighted by Crippen LogP contribution is 2.40. The molecular weight excluding hydrogens is 516 g/mol. The third kappa shape index (κ3) is 6.52. The Bertz CT molecular complexity index is 1390. The van der Waals surface area contributed by atoms with Gasteiger partial charge in [-0.15, -0.1) is 0 Å². The predicted molar refractivity (Wildman–Crippen MR) is 139 cm³/mol. The number of ether oxygens (including phenoxy) is 3. The van der Waals surface area contributed by atoms with E-state index in [-0.39, 0.29) is 0 Å². The van der Waals surface area contributed by atoms with Crippen LogP contribution in [0.15, 0.2) is 59.5 Å². The maximum Gasteiger partial charge on any atom is 0.414 e. The van der Waals surface area contributed by atoms with Crippen LogP contribution in [0.1, 0.15) is 5.56 Å². The lowest BCUT2D eigenvalue weighted by molar-refractivity contribution is -0.159. The number of benzene rings is 3. The molecule has 0 unspecified atom stereocenters. The van der Waals surface area contributed by atoms with Gasteiger partial charge >= 0.3 is 11.9 Å². The number of carboxylic acid groups (broad SMARTS) is 2. The molecule has 12 heteroatoms. The largest absolute Gasteiger partial charge is 0.493 e. The normalized spacial score (nSPS) is 14.3. The average Bonchev–Trinajstić information content (AvgIpc) is 2.93. The summed E-state index contributed by atoms with van der Waals surface area (Å²) in [6, 6.07) is 16.9. The van der Waals surface area contributed by atoms with Crippen LogP contribution in [0.5, 0.6) is 17.2 Å². The van der Waals surface area contributed by atoms with Gasteiger partial charge in [0, 0.05) is 38.3 Å². The number of piperazine rings is 1. The summed E-state index contributed by atoms with van der Waals surface area (Å²) in [6.07, 6.45) is 0. The van der Waals surface area contributed by atoms with Crippen molar-refractivity contribution in [2.24, 2.45) is 0 Å². The quantitative estimate of drug-likeness (QED) is 0.424. The van der Waals surface area contributed by atoms with Crippen molar-refractivity contribution in [3.8, 4) is 17.2 Å². The van der Waals surface area contributed by atoms with Gasteiger partial charge in [0.2, 0.25) is 15.8 Å². The number of hydrogen-bond donors (Lipinski definition) is 2. The number of methoxy groups -OCH3 is 3. The first kappa shape index (κ1) is 28.7. The van der Waals surface area contributed by atoms with E-state index in [1.807, 2.05) is 42.5 Å². The minimum Gasteiger partial charge on any atom is -0.493 e. The lowest BCUT2D eigenvalue weighted by Gasteiger charge is -2.34. The van der Waals surface area contributed by atoms with E-state index in [9.17, 15) is 8.42 Å². The molecule has 1 fully saturated rings. The highest BCUT2D eigenvalue weighted by Gasteiger charge is 2.29. The molecule has 3 aromatic carbocycles. The van der Waals surface area contributed by atoms with Crippen molar-refractivity contribution in [2.75, 3.05) is 47.5 Å². The van der Waals surface area contributed by atoms with Crippen molar-refractivity contribution in [3.05, 3.63) is 60.2 Å². The van der Waals surface area contributed by atoms with Crippen LogP contribution in [0.3, 0.4) is 0 Å². The summed E-state index contributed by atoms with van der Waals surface area (Å²) in [5.74, 6) is -1.84. The number of sulfonamides is 1. The number of aliphatic carboxylic acids is 2. The van der Waals surface area contributed by atoms with Crippen molar-refractivity contribution in [1.29, 1.82) is 0 Å². The molecule has 0 saturated carbocycles. The Kier molecular flexibility index (Phi) is 9.50. The molecule has 1 saturated heterocycles. The zero-order valence-corrected chi connectivity index (χ0v) is 22.1. The minimum atomic E-state index is -3.54. The molecule has 204 valence electrons. The van der Waals surface area contributed by atoms with Gasteiger partial charge in [0.25, 0.3) is 0 Å². The topological polar surface area (TPSA) is 143 Å². The maximum atomic E-state index is 13.2. The van der Waals surface area contributed by atoms with Crippen LogP contribution in [0.2, 0.25) is 0 Å². The summed E-state index contributed by atoms with van der Waals surface area (Å²) in [7, 11) is 1.24. The average molecular weight is 547 g/mol. The molecule has 0 aliphatic carbocycles. The Balaban J connectivity index is 0.000000599. The molecule has 1 aliphatic rings. The van der Waals surface area contributed by atoms with E-state index in [0.717, 1.165) is 16.3 Å². The van der Waals surface area contributed by atoms with Gasteiger partial charge < -0.3 is 24.4 Å². The van der Waals surface area contributed by atoms with Crippen molar-refractivity contribution >= 4 is 32.7 Å². The molecule has 0 atom stereocenters. The molecular formula is C26H30N2O9S. The van der Waals surface area contributed by atoms with Gasteiger partial charge in [-0.2, -0.15) is 4.31 Å². The highest BCUT2D eigenvalue weighted by atomic mass is 32.2. The summed E-state index contributed by atoms with van der Waals surface area (Å²) in [5.41, 5.74) is 0.969. The summed E-state index contributed by atoms with van der Waals surface area (Å²) < 4.78 is 44.4. The first-order valence-corrected chi connectivity index (χ1v) is 13.0. The molecule has 0 amide bonds. The number of fused-ring (bicyclic) bond motifs is 1. The van der Waals surface area contributed by atoms with Crippen molar-refractivity contribution in [1.82, 2.24) is 9.21 Å². The lowest BCUT2D eigenvalue weighted by Crippen LogP contribution is -2.48. The van der Waals surface area contributed by atoms with Crippen molar-refractivity contribution < 1.29 is 42.4 Å². The first-order valence-electron chi connectivity index (χ1n) is 11.6. The summed E-state index contributed by atoms with van der Waals surface area (Å²) in [6.45, 7) is 2.76. The Morgan fingerprint density at radius 1 is 0.789 bits per heavy atom. The lowest BCUT2D eigenvalue weighted by atomic mass is 10.1. The molecule has 0 spiro atoms. The van der Waals surface area contributed by atoms with E-state index in [0.29, 0.717) is 54.9 Å². The van der Waals surface area contributed by atoms with E-state index in [4.69, 9.17) is 34.0 Å². The summed E-state index contributed by atoms with van der Waals surface area (Å²) in [4.78, 5) is 20.8. The number of rotatable bonds is 7. The number of carboxylic acids is 2. The van der Waals surface area contributed by atoms with Gasteiger partial charge in [0.15, 0.2) is 11.5 Å². The molecule has 3 aromatic rings. The van der Waals surface area contributed by atoms with E-state index in [1.165, 1.54) is 0 Å².